The maximum atomic E-state index is 10.2. The third-order valence-electron chi connectivity index (χ3n) is 3.50. The van der Waals surface area contributed by atoms with Crippen LogP contribution in [0, 0.1) is 0 Å². The first-order chi connectivity index (χ1) is 10.4. The molecule has 0 heterocycles. The van der Waals surface area contributed by atoms with E-state index in [2.05, 4.69) is 6.92 Å². The van der Waals surface area contributed by atoms with Gasteiger partial charge in [0.05, 0.1) is 6.61 Å². The van der Waals surface area contributed by atoms with E-state index in [1.807, 2.05) is 0 Å². The summed E-state index contributed by atoms with van der Waals surface area (Å²) >= 11 is 0. The fraction of sp³-hybridized carbons (Fsp3) is 1.00. The highest BCUT2D eigenvalue weighted by Crippen LogP contribution is 2.25. The van der Waals surface area contributed by atoms with Crippen LogP contribution in [0.5, 0.6) is 0 Å². The number of hydrogen-bond acceptors (Lipinski definition) is 1. The Kier molecular flexibility index (Phi) is 21.1. The highest BCUT2D eigenvalue weighted by atomic mass is 31.2. The van der Waals surface area contributed by atoms with Crippen LogP contribution in [-0.2, 0) is 9.67 Å². The molecule has 1 radical (unpaired) electrons. The lowest BCUT2D eigenvalue weighted by atomic mass is 10.0. The standard InChI is InChI=1S/C16H33O.H3O4P/c1-2-3-4-5-6-7-8-9-10-11-12-13-14-15-16-17;1-5(2,3)4/h2-16H2,1H3;(H3,1,2,3,4). The number of hydrogen-bond donors (Lipinski definition) is 3. The minimum atomic E-state index is -4.64. The molecule has 0 fully saturated rings. The van der Waals surface area contributed by atoms with Crippen LogP contribution in [-0.4, -0.2) is 21.3 Å². The van der Waals surface area contributed by atoms with Crippen molar-refractivity contribution in [3.63, 3.8) is 0 Å². The highest BCUT2D eigenvalue weighted by Gasteiger charge is 2.00. The zero-order chi connectivity index (χ0) is 17.1. The van der Waals surface area contributed by atoms with Crippen LogP contribution < -0.4 is 0 Å². The van der Waals surface area contributed by atoms with Crippen LogP contribution in [0.15, 0.2) is 0 Å². The number of rotatable bonds is 14. The van der Waals surface area contributed by atoms with E-state index >= 15 is 0 Å². The van der Waals surface area contributed by atoms with Crippen molar-refractivity contribution in [2.75, 3.05) is 6.61 Å². The lowest BCUT2D eigenvalue weighted by Gasteiger charge is -2.02. The second-order valence-corrected chi connectivity index (χ2v) is 6.84. The Hall–Kier alpha value is 0.0700. The Bertz CT molecular complexity index is 220. The molecule has 0 spiro atoms. The second kappa shape index (κ2) is 19.1. The summed E-state index contributed by atoms with van der Waals surface area (Å²) < 4.78 is 8.88. The molecule has 135 valence electrons. The van der Waals surface area contributed by atoms with Crippen LogP contribution in [0.25, 0.3) is 0 Å². The van der Waals surface area contributed by atoms with E-state index in [1.165, 1.54) is 77.0 Å². The molecule has 0 aliphatic carbocycles. The van der Waals surface area contributed by atoms with Crippen LogP contribution in [0.1, 0.15) is 96.8 Å². The maximum Gasteiger partial charge on any atom is 0.466 e. The van der Waals surface area contributed by atoms with Crippen LogP contribution in [0.3, 0.4) is 0 Å². The molecular weight excluding hydrogens is 303 g/mol. The molecule has 3 N–H and O–H groups in total. The molecule has 0 aliphatic rings. The van der Waals surface area contributed by atoms with E-state index in [1.54, 1.807) is 0 Å². The molecule has 0 atom stereocenters. The predicted octanol–water partition coefficient (Wildman–Crippen LogP) is 4.97. The molecule has 22 heavy (non-hydrogen) atoms. The van der Waals surface area contributed by atoms with Crippen molar-refractivity contribution >= 4 is 7.82 Å². The summed E-state index contributed by atoms with van der Waals surface area (Å²) in [6.07, 6.45) is 18.9. The Morgan fingerprint density at radius 1 is 0.591 bits per heavy atom. The number of phosphoric acid groups is 1. The first-order valence-electron chi connectivity index (χ1n) is 8.78. The van der Waals surface area contributed by atoms with E-state index in [4.69, 9.17) is 19.2 Å². The zero-order valence-corrected chi connectivity index (χ0v) is 15.1. The Morgan fingerprint density at radius 2 is 0.818 bits per heavy atom. The molecular formula is C16H36O5P. The Morgan fingerprint density at radius 3 is 1.05 bits per heavy atom. The first-order valence-corrected chi connectivity index (χ1v) is 10.3. The molecule has 0 saturated carbocycles. The summed E-state index contributed by atoms with van der Waals surface area (Å²) in [4.78, 5) is 21.6. The lowest BCUT2D eigenvalue weighted by Crippen LogP contribution is -1.84. The van der Waals surface area contributed by atoms with Gasteiger partial charge in [-0.3, -0.25) is 0 Å². The molecule has 0 aliphatic heterocycles. The summed E-state index contributed by atoms with van der Waals surface area (Å²) in [6, 6.07) is 0. The summed E-state index contributed by atoms with van der Waals surface area (Å²) in [7, 11) is -4.64. The molecule has 5 nitrogen and oxygen atoms in total. The Balaban J connectivity index is 0. The second-order valence-electron chi connectivity index (χ2n) is 5.81. The summed E-state index contributed by atoms with van der Waals surface area (Å²) in [5.41, 5.74) is 0. The molecule has 0 aromatic carbocycles. The fourth-order valence-electron chi connectivity index (χ4n) is 2.30. The van der Waals surface area contributed by atoms with Crippen molar-refractivity contribution in [1.29, 1.82) is 0 Å². The SMILES string of the molecule is CCCCCCCCCCCCCCCC[O].O=P(O)(O)O. The van der Waals surface area contributed by atoms with Crippen LogP contribution in [0.2, 0.25) is 0 Å². The smallest absolute Gasteiger partial charge is 0.303 e. The van der Waals surface area contributed by atoms with Gasteiger partial charge in [0, 0.05) is 0 Å². The van der Waals surface area contributed by atoms with Gasteiger partial charge in [-0.2, -0.15) is 0 Å². The highest BCUT2D eigenvalue weighted by molar-refractivity contribution is 7.45. The quantitative estimate of drug-likeness (QED) is 0.307. The summed E-state index contributed by atoms with van der Waals surface area (Å²) in [5.74, 6) is 0. The topological polar surface area (TPSA) is 97.7 Å². The van der Waals surface area contributed by atoms with Crippen molar-refractivity contribution in [2.45, 2.75) is 96.8 Å². The molecule has 0 amide bonds. The van der Waals surface area contributed by atoms with Gasteiger partial charge in [-0.25, -0.2) is 9.67 Å². The van der Waals surface area contributed by atoms with Gasteiger partial charge in [0.1, 0.15) is 0 Å². The van der Waals surface area contributed by atoms with Crippen molar-refractivity contribution in [2.24, 2.45) is 0 Å². The normalized spacial score (nSPS) is 11.1. The summed E-state index contributed by atoms with van der Waals surface area (Å²) in [6.45, 7) is 2.40. The van der Waals surface area contributed by atoms with E-state index < -0.39 is 7.82 Å². The van der Waals surface area contributed by atoms with Gasteiger partial charge in [-0.15, -0.1) is 0 Å². The van der Waals surface area contributed by atoms with Crippen LogP contribution >= 0.6 is 7.82 Å². The fourth-order valence-corrected chi connectivity index (χ4v) is 2.30. The third kappa shape index (κ3) is 36.9. The van der Waals surface area contributed by atoms with Crippen molar-refractivity contribution < 1.29 is 24.4 Å². The molecule has 0 aromatic heterocycles. The van der Waals surface area contributed by atoms with Crippen LogP contribution in [0.4, 0.5) is 0 Å². The Labute approximate surface area is 136 Å². The van der Waals surface area contributed by atoms with Crippen molar-refractivity contribution in [1.82, 2.24) is 0 Å². The van der Waals surface area contributed by atoms with Gasteiger partial charge in [0.25, 0.3) is 0 Å². The van der Waals surface area contributed by atoms with Crippen molar-refractivity contribution in [3.05, 3.63) is 0 Å². The molecule has 0 rings (SSSR count). The van der Waals surface area contributed by atoms with Gasteiger partial charge in [0.15, 0.2) is 0 Å². The minimum Gasteiger partial charge on any atom is -0.303 e. The minimum absolute atomic E-state index is 0.123. The third-order valence-corrected chi connectivity index (χ3v) is 3.50. The van der Waals surface area contributed by atoms with Gasteiger partial charge < -0.3 is 14.7 Å². The molecule has 0 aromatic rings. The van der Waals surface area contributed by atoms with Gasteiger partial charge in [-0.05, 0) is 6.42 Å². The largest absolute Gasteiger partial charge is 0.466 e. The average molecular weight is 339 g/mol. The van der Waals surface area contributed by atoms with Gasteiger partial charge in [-0.1, -0.05) is 90.4 Å². The maximum absolute atomic E-state index is 10.2. The van der Waals surface area contributed by atoms with Crippen molar-refractivity contribution in [3.8, 4) is 0 Å². The predicted molar refractivity (Wildman–Crippen MR) is 90.1 cm³/mol. The van der Waals surface area contributed by atoms with Gasteiger partial charge >= 0.3 is 7.82 Å². The first kappa shape index (κ1) is 24.3. The molecule has 0 bridgehead atoms. The monoisotopic (exact) mass is 339 g/mol. The lowest BCUT2D eigenvalue weighted by molar-refractivity contribution is 0.186. The molecule has 6 heteroatoms. The number of unbranched alkanes of at least 4 members (excludes halogenated alkanes) is 13. The molecule has 0 saturated heterocycles. The van der Waals surface area contributed by atoms with Gasteiger partial charge in [0.2, 0.25) is 0 Å². The summed E-state index contributed by atoms with van der Waals surface area (Å²) in [5, 5.41) is 10.2. The van der Waals surface area contributed by atoms with E-state index in [9.17, 15) is 5.11 Å². The zero-order valence-electron chi connectivity index (χ0n) is 14.2. The molecule has 0 unspecified atom stereocenters. The van der Waals surface area contributed by atoms with E-state index in [-0.39, 0.29) is 6.61 Å². The van der Waals surface area contributed by atoms with E-state index in [0.717, 1.165) is 12.8 Å². The van der Waals surface area contributed by atoms with E-state index in [0.29, 0.717) is 0 Å². The average Bonchev–Trinajstić information content (AvgIpc) is 2.42.